The third-order valence-electron chi connectivity index (χ3n) is 0.907. The Kier molecular flexibility index (Phi) is 3.84. The van der Waals surface area contributed by atoms with Crippen LogP contribution in [0.3, 0.4) is 0 Å². The largest absolute Gasteiger partial charge is 0.505 e. The zero-order valence-electron chi connectivity index (χ0n) is 5.28. The van der Waals surface area contributed by atoms with Crippen LogP contribution >= 0.6 is 8.03 Å². The van der Waals surface area contributed by atoms with Crippen LogP contribution in [0.15, 0.2) is 12.2 Å². The molecule has 0 radical (unpaired) electrons. The molecule has 0 aliphatic heterocycles. The summed E-state index contributed by atoms with van der Waals surface area (Å²) in [5, 5.41) is 8.22. The lowest BCUT2D eigenvalue weighted by molar-refractivity contribution is -0.132. The maximum atomic E-state index is 10.0. The summed E-state index contributed by atoms with van der Waals surface area (Å²) in [6.07, 6.45) is 0.0432. The molecule has 0 amide bonds. The first-order valence-electron chi connectivity index (χ1n) is 2.58. The van der Waals surface area contributed by atoms with E-state index in [4.69, 9.17) is 10.00 Å². The first-order valence-corrected chi connectivity index (χ1v) is 3.98. The van der Waals surface area contributed by atoms with E-state index in [2.05, 4.69) is 6.58 Å². The minimum absolute atomic E-state index is 0.0273. The molecule has 0 aromatic carbocycles. The van der Waals surface area contributed by atoms with E-state index in [1.807, 2.05) is 0 Å². The first-order chi connectivity index (χ1) is 4.54. The number of rotatable bonds is 4. The zero-order valence-corrected chi connectivity index (χ0v) is 6.17. The molecule has 0 rings (SSSR count). The molecule has 0 spiro atoms. The average Bonchev–Trinajstić information content (AvgIpc) is 1.82. The summed E-state index contributed by atoms with van der Waals surface area (Å²) in [6, 6.07) is 0. The summed E-state index contributed by atoms with van der Waals surface area (Å²) in [6.45, 7) is 3.19. The zero-order chi connectivity index (χ0) is 8.15. The molecule has 0 fully saturated rings. The number of hydrogen-bond donors (Lipinski definition) is 2. The van der Waals surface area contributed by atoms with Crippen molar-refractivity contribution in [2.45, 2.75) is 6.42 Å². The van der Waals surface area contributed by atoms with Gasteiger partial charge in [-0.15, -0.1) is 0 Å². The van der Waals surface area contributed by atoms with Crippen molar-refractivity contribution < 1.29 is 19.4 Å². The summed E-state index contributed by atoms with van der Waals surface area (Å²) in [7, 11) is -2.23. The van der Waals surface area contributed by atoms with Crippen molar-refractivity contribution in [3.63, 3.8) is 0 Å². The van der Waals surface area contributed by atoms with E-state index in [0.29, 0.717) is 0 Å². The molecular formula is C5H8O4P+. The van der Waals surface area contributed by atoms with Gasteiger partial charge in [-0.3, -0.25) is 0 Å². The van der Waals surface area contributed by atoms with Gasteiger partial charge in [-0.1, -0.05) is 6.58 Å². The van der Waals surface area contributed by atoms with E-state index >= 15 is 0 Å². The molecular weight excluding hydrogens is 155 g/mol. The Morgan fingerprint density at radius 2 is 2.10 bits per heavy atom. The fourth-order valence-electron chi connectivity index (χ4n) is 0.338. The molecule has 0 saturated carbocycles. The van der Waals surface area contributed by atoms with Crippen LogP contribution in [0.1, 0.15) is 6.42 Å². The number of hydrogen-bond acceptors (Lipinski definition) is 2. The monoisotopic (exact) mass is 163 g/mol. The van der Waals surface area contributed by atoms with Gasteiger partial charge in [0.1, 0.15) is 0 Å². The summed E-state index contributed by atoms with van der Waals surface area (Å²) < 4.78 is 10.0. The van der Waals surface area contributed by atoms with Gasteiger partial charge in [0.2, 0.25) is 0 Å². The molecule has 0 aliphatic carbocycles. The maximum Gasteiger partial charge on any atom is 0.505 e. The van der Waals surface area contributed by atoms with E-state index in [0.717, 1.165) is 0 Å². The molecule has 1 atom stereocenters. The Hall–Kier alpha value is -0.730. The highest BCUT2D eigenvalue weighted by molar-refractivity contribution is 7.37. The van der Waals surface area contributed by atoms with Gasteiger partial charge < -0.3 is 5.11 Å². The van der Waals surface area contributed by atoms with Crippen molar-refractivity contribution in [2.75, 3.05) is 6.16 Å². The molecule has 0 aliphatic rings. The molecule has 0 aromatic heterocycles. The SMILES string of the molecule is C=C(CC[P+](=O)O)C(=O)O. The van der Waals surface area contributed by atoms with Gasteiger partial charge in [0.15, 0.2) is 6.16 Å². The lowest BCUT2D eigenvalue weighted by Crippen LogP contribution is -1.99. The van der Waals surface area contributed by atoms with Crippen LogP contribution in [-0.4, -0.2) is 22.1 Å². The van der Waals surface area contributed by atoms with Crippen LogP contribution in [0.5, 0.6) is 0 Å². The average molecular weight is 163 g/mol. The third kappa shape index (κ3) is 4.18. The summed E-state index contributed by atoms with van der Waals surface area (Å²) in [4.78, 5) is 18.3. The van der Waals surface area contributed by atoms with Crippen LogP contribution in [0.25, 0.3) is 0 Å². The second-order valence-corrected chi connectivity index (χ2v) is 2.89. The van der Waals surface area contributed by atoms with Crippen LogP contribution in [0.4, 0.5) is 0 Å². The molecule has 0 aromatic rings. The summed E-state index contributed by atoms with van der Waals surface area (Å²) in [5.74, 6) is -1.11. The quantitative estimate of drug-likeness (QED) is 0.473. The Morgan fingerprint density at radius 1 is 1.60 bits per heavy atom. The van der Waals surface area contributed by atoms with Gasteiger partial charge in [-0.2, -0.15) is 4.89 Å². The number of carboxylic acids is 1. The summed E-state index contributed by atoms with van der Waals surface area (Å²) in [5.41, 5.74) is -0.0302. The second-order valence-electron chi connectivity index (χ2n) is 1.73. The molecule has 2 N–H and O–H groups in total. The van der Waals surface area contributed by atoms with Gasteiger partial charge >= 0.3 is 14.0 Å². The molecule has 0 saturated heterocycles. The predicted molar refractivity (Wildman–Crippen MR) is 36.1 cm³/mol. The van der Waals surface area contributed by atoms with Crippen molar-refractivity contribution in [1.82, 2.24) is 0 Å². The van der Waals surface area contributed by atoms with Gasteiger partial charge in [-0.25, -0.2) is 4.79 Å². The van der Waals surface area contributed by atoms with Gasteiger partial charge in [0.25, 0.3) is 0 Å². The topological polar surface area (TPSA) is 74.6 Å². The smallest absolute Gasteiger partial charge is 0.478 e. The molecule has 0 heterocycles. The minimum atomic E-state index is -2.23. The standard InChI is InChI=1S/C5H7O4P/c1-4(5(6)7)2-3-10(8)9/h1-3H2,(H-,6,7,8,9)/p+1. The van der Waals surface area contributed by atoms with Gasteiger partial charge in [-0.05, 0) is 4.57 Å². The van der Waals surface area contributed by atoms with E-state index in [-0.39, 0.29) is 18.2 Å². The normalized spacial score (nSPS) is 10.7. The number of carboxylic acid groups (broad SMARTS) is 1. The minimum Gasteiger partial charge on any atom is -0.478 e. The molecule has 0 bridgehead atoms. The fourth-order valence-corrected chi connectivity index (χ4v) is 0.799. The predicted octanol–water partition coefficient (Wildman–Crippen LogP) is 0.752. The van der Waals surface area contributed by atoms with Crippen molar-refractivity contribution >= 4 is 14.0 Å². The van der Waals surface area contributed by atoms with E-state index in [1.165, 1.54) is 0 Å². The lowest BCUT2D eigenvalue weighted by atomic mass is 10.2. The molecule has 10 heavy (non-hydrogen) atoms. The van der Waals surface area contributed by atoms with Crippen molar-refractivity contribution in [3.8, 4) is 0 Å². The van der Waals surface area contributed by atoms with Crippen LogP contribution in [0.2, 0.25) is 0 Å². The number of aliphatic carboxylic acids is 1. The highest BCUT2D eigenvalue weighted by Crippen LogP contribution is 2.16. The lowest BCUT2D eigenvalue weighted by Gasteiger charge is -1.89. The first kappa shape index (κ1) is 9.27. The summed E-state index contributed by atoms with van der Waals surface area (Å²) >= 11 is 0. The Morgan fingerprint density at radius 3 is 2.40 bits per heavy atom. The van der Waals surface area contributed by atoms with Crippen LogP contribution < -0.4 is 0 Å². The maximum absolute atomic E-state index is 10.0. The molecule has 4 nitrogen and oxygen atoms in total. The van der Waals surface area contributed by atoms with Crippen molar-refractivity contribution in [2.24, 2.45) is 0 Å². The molecule has 56 valence electrons. The van der Waals surface area contributed by atoms with Crippen molar-refractivity contribution in [3.05, 3.63) is 12.2 Å². The molecule has 1 unspecified atom stereocenters. The highest BCUT2D eigenvalue weighted by atomic mass is 31.1. The van der Waals surface area contributed by atoms with E-state index in [9.17, 15) is 9.36 Å². The number of carbonyl (C=O) groups is 1. The Bertz CT molecular complexity index is 174. The van der Waals surface area contributed by atoms with Gasteiger partial charge in [0, 0.05) is 12.0 Å². The molecule has 5 heteroatoms. The van der Waals surface area contributed by atoms with Gasteiger partial charge in [0.05, 0.1) is 0 Å². The van der Waals surface area contributed by atoms with Crippen LogP contribution in [0, 0.1) is 0 Å². The second kappa shape index (κ2) is 4.14. The van der Waals surface area contributed by atoms with E-state index in [1.54, 1.807) is 0 Å². The van der Waals surface area contributed by atoms with E-state index < -0.39 is 14.0 Å². The third-order valence-corrected chi connectivity index (χ3v) is 1.51. The highest BCUT2D eigenvalue weighted by Gasteiger charge is 2.13. The van der Waals surface area contributed by atoms with Crippen LogP contribution in [-0.2, 0) is 9.36 Å². The Balaban J connectivity index is 3.60. The Labute approximate surface area is 59.1 Å². The fraction of sp³-hybridized carbons (Fsp3) is 0.400. The van der Waals surface area contributed by atoms with Crippen molar-refractivity contribution in [1.29, 1.82) is 0 Å².